The summed E-state index contributed by atoms with van der Waals surface area (Å²) in [4.78, 5) is 16.1. The lowest BCUT2D eigenvalue weighted by atomic mass is 10.1. The number of carbonyl (C=O) groups is 1. The first-order chi connectivity index (χ1) is 10.2. The molecule has 1 amide bonds. The number of aromatic nitrogens is 2. The second-order valence-corrected chi connectivity index (χ2v) is 4.32. The molecule has 0 fully saturated rings. The maximum absolute atomic E-state index is 12.0. The molecule has 1 aromatic carbocycles. The third-order valence-electron chi connectivity index (χ3n) is 2.66. The van der Waals surface area contributed by atoms with Crippen molar-refractivity contribution < 1.29 is 9.32 Å². The zero-order chi connectivity index (χ0) is 15.1. The van der Waals surface area contributed by atoms with Gasteiger partial charge in [0.15, 0.2) is 5.82 Å². The lowest BCUT2D eigenvalue weighted by Gasteiger charge is -2.04. The number of nitrogens with zero attached hydrogens (tertiary/aromatic N) is 2. The van der Waals surface area contributed by atoms with Crippen molar-refractivity contribution >= 4 is 5.91 Å². The van der Waals surface area contributed by atoms with Gasteiger partial charge in [-0.25, -0.2) is 0 Å². The number of hydrogen-bond acceptors (Lipinski definition) is 5. The van der Waals surface area contributed by atoms with Crippen molar-refractivity contribution in [3.05, 3.63) is 47.1 Å². The topological polar surface area (TPSA) is 94.0 Å². The molecule has 6 nitrogen and oxygen atoms in total. The van der Waals surface area contributed by atoms with Crippen LogP contribution in [0, 0.1) is 18.8 Å². The van der Waals surface area contributed by atoms with Crippen LogP contribution < -0.4 is 11.1 Å². The first-order valence-electron chi connectivity index (χ1n) is 6.55. The molecule has 21 heavy (non-hydrogen) atoms. The minimum Gasteiger partial charge on any atom is -0.352 e. The average Bonchev–Trinajstić information content (AvgIpc) is 2.91. The first kappa shape index (κ1) is 14.8. The number of nitrogens with two attached hydrogens (primary N) is 1. The Bertz CT molecular complexity index is 682. The van der Waals surface area contributed by atoms with Crippen molar-refractivity contribution in [1.29, 1.82) is 0 Å². The molecule has 6 heteroatoms. The molecule has 3 N–H and O–H groups in total. The smallest absolute Gasteiger partial charge is 0.251 e. The fraction of sp³-hybridized carbons (Fsp3) is 0.267. The van der Waals surface area contributed by atoms with E-state index in [0.717, 1.165) is 5.56 Å². The van der Waals surface area contributed by atoms with Gasteiger partial charge in [-0.05, 0) is 18.2 Å². The summed E-state index contributed by atoms with van der Waals surface area (Å²) >= 11 is 0. The summed E-state index contributed by atoms with van der Waals surface area (Å²) in [6.45, 7) is 2.46. The number of amides is 1. The Kier molecular flexibility index (Phi) is 5.07. The van der Waals surface area contributed by atoms with Gasteiger partial charge in [-0.1, -0.05) is 23.1 Å². The number of hydrogen-bond donors (Lipinski definition) is 2. The van der Waals surface area contributed by atoms with Gasteiger partial charge in [0, 0.05) is 31.0 Å². The number of nitrogens with one attached hydrogen (secondary N) is 1. The standard InChI is InChI=1S/C15H16N4O2/c1-11-18-14(19-21-11)7-9-17-15(20)13-6-2-4-12(10-13)5-3-8-16/h2,4,6,10H,7-9,16H2,1H3,(H,17,20). The molecule has 0 aliphatic heterocycles. The van der Waals surface area contributed by atoms with Crippen molar-refractivity contribution in [1.82, 2.24) is 15.5 Å². The second-order valence-electron chi connectivity index (χ2n) is 4.32. The summed E-state index contributed by atoms with van der Waals surface area (Å²) in [6, 6.07) is 7.09. The number of rotatable bonds is 4. The Labute approximate surface area is 122 Å². The Hall–Kier alpha value is -2.65. The molecule has 2 aromatic rings. The maximum atomic E-state index is 12.0. The largest absolute Gasteiger partial charge is 0.352 e. The summed E-state index contributed by atoms with van der Waals surface area (Å²) in [7, 11) is 0. The zero-order valence-electron chi connectivity index (χ0n) is 11.7. The molecule has 0 aliphatic carbocycles. The number of carbonyl (C=O) groups excluding carboxylic acids is 1. The molecule has 1 heterocycles. The molecule has 1 aromatic heterocycles. The lowest BCUT2D eigenvalue weighted by Crippen LogP contribution is -2.26. The summed E-state index contributed by atoms with van der Waals surface area (Å²) in [5.41, 5.74) is 6.65. The van der Waals surface area contributed by atoms with E-state index in [1.807, 2.05) is 6.07 Å². The van der Waals surface area contributed by atoms with Crippen LogP contribution in [-0.2, 0) is 6.42 Å². The number of benzene rings is 1. The molecule has 0 unspecified atom stereocenters. The summed E-state index contributed by atoms with van der Waals surface area (Å²) < 4.78 is 4.86. The monoisotopic (exact) mass is 284 g/mol. The fourth-order valence-electron chi connectivity index (χ4n) is 1.72. The van der Waals surface area contributed by atoms with Gasteiger partial charge in [0.25, 0.3) is 5.91 Å². The van der Waals surface area contributed by atoms with E-state index in [4.69, 9.17) is 10.3 Å². The fourth-order valence-corrected chi connectivity index (χ4v) is 1.72. The molecule has 0 saturated carbocycles. The molecular weight excluding hydrogens is 268 g/mol. The van der Waals surface area contributed by atoms with Crippen LogP contribution >= 0.6 is 0 Å². The van der Waals surface area contributed by atoms with Gasteiger partial charge in [0.05, 0.1) is 6.54 Å². The van der Waals surface area contributed by atoms with E-state index in [0.29, 0.717) is 36.8 Å². The molecular formula is C15H16N4O2. The second kappa shape index (κ2) is 7.22. The Morgan fingerprint density at radius 3 is 3.05 bits per heavy atom. The van der Waals surface area contributed by atoms with E-state index < -0.39 is 0 Å². The highest BCUT2D eigenvalue weighted by molar-refractivity contribution is 5.94. The lowest BCUT2D eigenvalue weighted by molar-refractivity contribution is 0.0954. The summed E-state index contributed by atoms with van der Waals surface area (Å²) in [5.74, 6) is 6.59. The predicted octanol–water partition coefficient (Wildman–Crippen LogP) is 0.661. The molecule has 0 aliphatic rings. The quantitative estimate of drug-likeness (QED) is 0.804. The van der Waals surface area contributed by atoms with E-state index in [2.05, 4.69) is 27.3 Å². The zero-order valence-corrected chi connectivity index (χ0v) is 11.7. The van der Waals surface area contributed by atoms with Crippen LogP contribution in [0.5, 0.6) is 0 Å². The van der Waals surface area contributed by atoms with Crippen LogP contribution in [0.4, 0.5) is 0 Å². The Morgan fingerprint density at radius 2 is 2.33 bits per heavy atom. The summed E-state index contributed by atoms with van der Waals surface area (Å²) in [6.07, 6.45) is 0.524. The van der Waals surface area contributed by atoms with E-state index in [1.54, 1.807) is 25.1 Å². The Morgan fingerprint density at radius 1 is 1.48 bits per heavy atom. The predicted molar refractivity (Wildman–Crippen MR) is 77.4 cm³/mol. The van der Waals surface area contributed by atoms with Crippen molar-refractivity contribution in [2.24, 2.45) is 5.73 Å². The van der Waals surface area contributed by atoms with E-state index >= 15 is 0 Å². The van der Waals surface area contributed by atoms with Crippen LogP contribution in [0.15, 0.2) is 28.8 Å². The highest BCUT2D eigenvalue weighted by Gasteiger charge is 2.07. The minimum absolute atomic E-state index is 0.161. The van der Waals surface area contributed by atoms with Gasteiger partial charge < -0.3 is 15.6 Å². The first-order valence-corrected chi connectivity index (χ1v) is 6.55. The molecule has 2 rings (SSSR count). The maximum Gasteiger partial charge on any atom is 0.251 e. The van der Waals surface area contributed by atoms with Gasteiger partial charge in [-0.3, -0.25) is 4.79 Å². The Balaban J connectivity index is 1.91. The van der Waals surface area contributed by atoms with Gasteiger partial charge >= 0.3 is 0 Å². The normalized spacial score (nSPS) is 9.81. The van der Waals surface area contributed by atoms with Crippen LogP contribution in [0.3, 0.4) is 0 Å². The van der Waals surface area contributed by atoms with Crippen molar-refractivity contribution in [2.75, 3.05) is 13.1 Å². The van der Waals surface area contributed by atoms with Crippen LogP contribution in [0.2, 0.25) is 0 Å². The van der Waals surface area contributed by atoms with Crippen molar-refractivity contribution in [3.8, 4) is 11.8 Å². The molecule has 0 bridgehead atoms. The average molecular weight is 284 g/mol. The van der Waals surface area contributed by atoms with E-state index in [1.165, 1.54) is 0 Å². The minimum atomic E-state index is -0.161. The van der Waals surface area contributed by atoms with E-state index in [9.17, 15) is 4.79 Å². The van der Waals surface area contributed by atoms with Crippen LogP contribution in [0.25, 0.3) is 0 Å². The third kappa shape index (κ3) is 4.44. The van der Waals surface area contributed by atoms with Crippen LogP contribution in [0.1, 0.15) is 27.6 Å². The SMILES string of the molecule is Cc1nc(CCNC(=O)c2cccc(C#CCN)c2)no1. The molecule has 0 radical (unpaired) electrons. The third-order valence-corrected chi connectivity index (χ3v) is 2.66. The highest BCUT2D eigenvalue weighted by Crippen LogP contribution is 2.04. The van der Waals surface area contributed by atoms with Crippen LogP contribution in [-0.4, -0.2) is 29.1 Å². The van der Waals surface area contributed by atoms with Crippen molar-refractivity contribution in [2.45, 2.75) is 13.3 Å². The molecule has 108 valence electrons. The van der Waals surface area contributed by atoms with Gasteiger partial charge in [-0.15, -0.1) is 0 Å². The van der Waals surface area contributed by atoms with Crippen molar-refractivity contribution in [3.63, 3.8) is 0 Å². The molecule has 0 spiro atoms. The van der Waals surface area contributed by atoms with Gasteiger partial charge in [0.2, 0.25) is 5.89 Å². The molecule has 0 saturated heterocycles. The summed E-state index contributed by atoms with van der Waals surface area (Å²) in [5, 5.41) is 6.57. The number of aryl methyl sites for hydroxylation is 1. The molecule has 0 atom stereocenters. The van der Waals surface area contributed by atoms with Gasteiger partial charge in [-0.2, -0.15) is 4.98 Å². The highest BCUT2D eigenvalue weighted by atomic mass is 16.5. The van der Waals surface area contributed by atoms with Gasteiger partial charge in [0.1, 0.15) is 0 Å². The van der Waals surface area contributed by atoms with E-state index in [-0.39, 0.29) is 5.91 Å².